The summed E-state index contributed by atoms with van der Waals surface area (Å²) in [6.45, 7) is 30.2. The largest absolute Gasteiger partial charge is 4.00 e. The van der Waals surface area contributed by atoms with Crippen molar-refractivity contribution in [1.29, 1.82) is 0 Å². The van der Waals surface area contributed by atoms with Gasteiger partial charge in [0.05, 0.1) is 0 Å². The van der Waals surface area contributed by atoms with E-state index in [9.17, 15) is 0 Å². The summed E-state index contributed by atoms with van der Waals surface area (Å²) in [5.74, 6) is 0. The average Bonchev–Trinajstić information content (AvgIpc) is 2.45. The Bertz CT molecular complexity index is 48.5. The van der Waals surface area contributed by atoms with E-state index >= 15 is 0 Å². The molecule has 8 radical (unpaired) electrons. The van der Waals surface area contributed by atoms with E-state index in [1.165, 1.54) is 0 Å². The van der Waals surface area contributed by atoms with Gasteiger partial charge >= 0.3 is 58.4 Å². The van der Waals surface area contributed by atoms with E-state index in [1.54, 1.807) is 0 Å². The van der Waals surface area contributed by atoms with E-state index in [2.05, 4.69) is 47.5 Å². The number of rotatable bonds is 0. The van der Waals surface area contributed by atoms with Crippen LogP contribution in [0.15, 0.2) is 0 Å². The molecule has 0 aliphatic rings. The molecule has 0 saturated heterocycles. The second-order valence-electron chi connectivity index (χ2n) is 0. The maximum atomic E-state index is 7.75. The summed E-state index contributed by atoms with van der Waals surface area (Å²) in [5, 5.41) is 0. The van der Waals surface area contributed by atoms with Crippen molar-refractivity contribution in [3.05, 3.63) is 22.3 Å². The first-order valence-corrected chi connectivity index (χ1v) is 1.46. The maximum absolute atomic E-state index is 7.75. The zero-order valence-electron chi connectivity index (χ0n) is 10.5. The molecule has 0 unspecified atom stereocenters. The summed E-state index contributed by atoms with van der Waals surface area (Å²) >= 11 is 0. The molecule has 0 amide bonds. The molecule has 0 aromatic heterocycles. The third-order valence-corrected chi connectivity index (χ3v) is 0. The van der Waals surface area contributed by atoms with Crippen LogP contribution in [0.2, 0.25) is 0 Å². The van der Waals surface area contributed by atoms with Gasteiger partial charge in [0.1, 0.15) is 0 Å². The van der Waals surface area contributed by atoms with E-state index < -0.39 is 0 Å². The van der Waals surface area contributed by atoms with Gasteiger partial charge in [-0.05, 0) is 0 Å². The number of hydrogen-bond acceptors (Lipinski definition) is 7. The topological polar surface area (TPSA) is 119 Å². The summed E-state index contributed by atoms with van der Waals surface area (Å²) in [5.41, 5.74) is 0. The molecule has 10 heteroatoms. The molecule has 116 valence electrons. The molecule has 0 atom stereocenters. The Morgan fingerprint density at radius 3 is 0.400 bits per heavy atom. The van der Waals surface area contributed by atoms with Crippen LogP contribution < -0.4 is 0 Å². The summed E-state index contributed by atoms with van der Waals surface area (Å²) in [6, 6.07) is 0. The molecular formula is C10H10O7Ru3. The summed E-state index contributed by atoms with van der Waals surface area (Å²) < 4.78 is 0. The van der Waals surface area contributed by atoms with Crippen LogP contribution in [0.1, 0.15) is 0 Å². The number of carbonyl (C=O) groups excluding carboxylic acids is 7. The molecule has 0 spiro atoms. The molecule has 0 rings (SSSR count). The van der Waals surface area contributed by atoms with Crippen molar-refractivity contribution in [3.8, 4) is 0 Å². The van der Waals surface area contributed by atoms with Crippen molar-refractivity contribution in [2.45, 2.75) is 0 Å². The quantitative estimate of drug-likeness (QED) is 0.211. The average molecular weight is 545 g/mol. The normalized spacial score (nSPS) is 1.40. The monoisotopic (exact) mass is 548 g/mol. The van der Waals surface area contributed by atoms with Crippen molar-refractivity contribution in [2.24, 2.45) is 0 Å². The maximum Gasteiger partial charge on any atom is 4.00 e. The van der Waals surface area contributed by atoms with Gasteiger partial charge < -0.3 is 96.6 Å². The van der Waals surface area contributed by atoms with Gasteiger partial charge in [0.25, 0.3) is 0 Å². The molecule has 0 heterocycles. The predicted octanol–water partition coefficient (Wildman–Crippen LogP) is -1.31. The Balaban J connectivity index is -0.00000000247. The van der Waals surface area contributed by atoms with Gasteiger partial charge in [-0.25, -0.2) is 0 Å². The van der Waals surface area contributed by atoms with Crippen LogP contribution >= 0.6 is 0 Å². The van der Waals surface area contributed by atoms with Crippen LogP contribution in [0.25, 0.3) is 0 Å². The zero-order chi connectivity index (χ0) is 14.0. The Kier molecular flexibility index (Phi) is 232000. The fraction of sp³-hybridized carbons (Fsp3) is 0. The Labute approximate surface area is 161 Å². The number of hydrogen-bond donors (Lipinski definition) is 0. The van der Waals surface area contributed by atoms with Crippen LogP contribution in [0, 0.1) is 22.3 Å². The molecular weight excluding hydrogens is 535 g/mol. The molecule has 7 nitrogen and oxygen atoms in total. The molecule has 0 aliphatic carbocycles. The van der Waals surface area contributed by atoms with Crippen molar-refractivity contribution in [3.63, 3.8) is 0 Å². The Hall–Kier alpha value is -0.440. The van der Waals surface area contributed by atoms with Gasteiger partial charge in [0, 0.05) is 0 Å². The van der Waals surface area contributed by atoms with Crippen molar-refractivity contribution in [2.75, 3.05) is 0 Å². The fourth-order valence-corrected chi connectivity index (χ4v) is 0. The first kappa shape index (κ1) is 157. The van der Waals surface area contributed by atoms with Gasteiger partial charge in [0.2, 0.25) is 0 Å². The first-order chi connectivity index (χ1) is 7.00. The molecule has 0 bridgehead atoms. The summed E-state index contributed by atoms with van der Waals surface area (Å²) in [6.07, 6.45) is 0. The molecule has 0 saturated carbocycles. The van der Waals surface area contributed by atoms with Gasteiger partial charge in [-0.15, -0.1) is 0 Å². The van der Waals surface area contributed by atoms with E-state index in [-0.39, 0.29) is 80.7 Å². The van der Waals surface area contributed by atoms with Gasteiger partial charge in [-0.3, -0.25) is 6.79 Å². The Morgan fingerprint density at radius 1 is 0.400 bits per heavy atom. The first-order valence-electron chi connectivity index (χ1n) is 1.46. The third kappa shape index (κ3) is 24900. The molecule has 0 aliphatic heterocycles. The molecule has 0 aromatic carbocycles. The van der Waals surface area contributed by atoms with Crippen LogP contribution in [0.5, 0.6) is 0 Å². The van der Waals surface area contributed by atoms with Gasteiger partial charge in [-0.2, -0.15) is 0 Å². The van der Waals surface area contributed by atoms with Crippen LogP contribution in [0.3, 0.4) is 0 Å². The van der Waals surface area contributed by atoms with Gasteiger partial charge in [-0.1, -0.05) is 0 Å². The minimum absolute atomic E-state index is 0. The minimum Gasteiger partial charge on any atom is -0.573 e. The molecule has 0 aromatic rings. The van der Waals surface area contributed by atoms with E-state index in [4.69, 9.17) is 33.6 Å². The van der Waals surface area contributed by atoms with Crippen LogP contribution in [-0.2, 0) is 92.0 Å². The second kappa shape index (κ2) is 29600. The predicted molar refractivity (Wildman–Crippen MR) is 60.2 cm³/mol. The molecule has 0 N–H and O–H groups in total. The summed E-state index contributed by atoms with van der Waals surface area (Å²) in [4.78, 5) is 52.8. The minimum atomic E-state index is 0. The van der Waals surface area contributed by atoms with Crippen molar-refractivity contribution < 1.29 is 92.0 Å². The van der Waals surface area contributed by atoms with Crippen LogP contribution in [-0.4, -0.2) is 47.5 Å². The molecule has 0 fully saturated rings. The smallest absolute Gasteiger partial charge is 0.573 e. The standard InChI is InChI=1S/CHO.6CO.3CH3.3Ru/c7*1-2;;;;;;/h1H;;;;;;;3*1H3;;;/q10*-1;2*+3;+4. The second-order valence-corrected chi connectivity index (χ2v) is 0. The summed E-state index contributed by atoms with van der Waals surface area (Å²) in [7, 11) is 0. The van der Waals surface area contributed by atoms with E-state index in [1.807, 2.05) is 0 Å². The SMILES string of the molecule is [C-]=O.[C-]=O.[C-]=O.[C-]=O.[C-]=O.[C-]=O.[CH-]=O.[CH3-].[CH3-].[CH3-].[Ru+3].[Ru+3].[Ru+4]. The van der Waals surface area contributed by atoms with Gasteiger partial charge in [0.15, 0.2) is 0 Å². The van der Waals surface area contributed by atoms with Crippen molar-refractivity contribution >= 4 is 47.5 Å². The van der Waals surface area contributed by atoms with E-state index in [0.717, 1.165) is 0 Å². The zero-order valence-corrected chi connectivity index (χ0v) is 15.7. The third-order valence-electron chi connectivity index (χ3n) is 0. The van der Waals surface area contributed by atoms with Crippen molar-refractivity contribution in [1.82, 2.24) is 0 Å². The van der Waals surface area contributed by atoms with E-state index in [0.29, 0.717) is 0 Å². The fourth-order valence-electron chi connectivity index (χ4n) is 0. The van der Waals surface area contributed by atoms with Crippen LogP contribution in [0.4, 0.5) is 0 Å². The Morgan fingerprint density at radius 2 is 0.400 bits per heavy atom. The molecule has 20 heavy (non-hydrogen) atoms.